The minimum atomic E-state index is 0.175. The summed E-state index contributed by atoms with van der Waals surface area (Å²) in [5, 5.41) is 4.56. The molecule has 1 aromatic heterocycles. The molecular formula is C13H20N2OS. The molecular weight excluding hydrogens is 232 g/mol. The number of furan rings is 1. The summed E-state index contributed by atoms with van der Waals surface area (Å²) in [4.78, 5) is 4.71. The van der Waals surface area contributed by atoms with E-state index in [0.717, 1.165) is 23.1 Å². The van der Waals surface area contributed by atoms with E-state index in [1.165, 1.54) is 6.42 Å². The Balaban J connectivity index is 1.94. The average Bonchev–Trinajstić information content (AvgIpc) is 2.68. The van der Waals surface area contributed by atoms with Gasteiger partial charge in [-0.2, -0.15) is 0 Å². The fraction of sp³-hybridized carbons (Fsp3) is 0.615. The van der Waals surface area contributed by atoms with Gasteiger partial charge in [0.1, 0.15) is 5.76 Å². The minimum Gasteiger partial charge on any atom is -0.469 e. The van der Waals surface area contributed by atoms with Gasteiger partial charge in [0.25, 0.3) is 0 Å². The topological polar surface area (TPSA) is 37.5 Å². The SMILES string of the molecule is CC(Cc1ccco1)N=C1NC(C)(C)CCS1. The van der Waals surface area contributed by atoms with E-state index in [9.17, 15) is 0 Å². The van der Waals surface area contributed by atoms with Gasteiger partial charge in [0.15, 0.2) is 5.17 Å². The molecule has 1 aromatic rings. The molecule has 1 fully saturated rings. The van der Waals surface area contributed by atoms with Crippen molar-refractivity contribution in [3.8, 4) is 0 Å². The third-order valence-electron chi connectivity index (χ3n) is 2.83. The molecule has 17 heavy (non-hydrogen) atoms. The molecule has 2 heterocycles. The van der Waals surface area contributed by atoms with E-state index in [1.807, 2.05) is 23.9 Å². The number of nitrogens with one attached hydrogen (secondary N) is 1. The number of aliphatic imine (C=N–C) groups is 1. The lowest BCUT2D eigenvalue weighted by atomic mass is 10.0. The molecule has 94 valence electrons. The second kappa shape index (κ2) is 5.17. The smallest absolute Gasteiger partial charge is 0.157 e. The lowest BCUT2D eigenvalue weighted by molar-refractivity contribution is 0.444. The monoisotopic (exact) mass is 252 g/mol. The molecule has 1 unspecified atom stereocenters. The van der Waals surface area contributed by atoms with Crippen LogP contribution in [0.5, 0.6) is 0 Å². The lowest BCUT2D eigenvalue weighted by Crippen LogP contribution is -2.46. The summed E-state index contributed by atoms with van der Waals surface area (Å²) in [5.41, 5.74) is 0.175. The summed E-state index contributed by atoms with van der Waals surface area (Å²) >= 11 is 1.81. The predicted molar refractivity (Wildman–Crippen MR) is 73.6 cm³/mol. The predicted octanol–water partition coefficient (Wildman–Crippen LogP) is 3.07. The largest absolute Gasteiger partial charge is 0.469 e. The third-order valence-corrected chi connectivity index (χ3v) is 3.71. The zero-order valence-corrected chi connectivity index (χ0v) is 11.5. The molecule has 0 spiro atoms. The van der Waals surface area contributed by atoms with Crippen molar-refractivity contribution in [2.45, 2.75) is 45.2 Å². The van der Waals surface area contributed by atoms with E-state index >= 15 is 0 Å². The number of hydrogen-bond donors (Lipinski definition) is 1. The molecule has 0 bridgehead atoms. The Kier molecular flexibility index (Phi) is 3.82. The van der Waals surface area contributed by atoms with E-state index < -0.39 is 0 Å². The van der Waals surface area contributed by atoms with Gasteiger partial charge in [0.05, 0.1) is 12.3 Å². The molecule has 0 aliphatic carbocycles. The van der Waals surface area contributed by atoms with Gasteiger partial charge in [-0.1, -0.05) is 11.8 Å². The second-order valence-corrected chi connectivity index (χ2v) is 6.26. The van der Waals surface area contributed by atoms with Gasteiger partial charge >= 0.3 is 0 Å². The van der Waals surface area contributed by atoms with Crippen molar-refractivity contribution in [3.63, 3.8) is 0 Å². The maximum atomic E-state index is 5.34. The van der Waals surface area contributed by atoms with Crippen molar-refractivity contribution in [1.82, 2.24) is 5.32 Å². The summed E-state index contributed by atoms with van der Waals surface area (Å²) in [6.45, 7) is 6.57. The first-order chi connectivity index (χ1) is 8.05. The molecule has 1 aliphatic rings. The molecule has 0 amide bonds. The zero-order chi connectivity index (χ0) is 12.3. The molecule has 0 saturated carbocycles. The highest BCUT2D eigenvalue weighted by molar-refractivity contribution is 8.13. The summed E-state index contributed by atoms with van der Waals surface area (Å²) < 4.78 is 5.34. The van der Waals surface area contributed by atoms with Crippen LogP contribution in [0.2, 0.25) is 0 Å². The summed E-state index contributed by atoms with van der Waals surface area (Å²) in [5.74, 6) is 2.15. The Morgan fingerprint density at radius 3 is 3.06 bits per heavy atom. The van der Waals surface area contributed by atoms with Crippen molar-refractivity contribution >= 4 is 16.9 Å². The Morgan fingerprint density at radius 1 is 1.59 bits per heavy atom. The average molecular weight is 252 g/mol. The van der Waals surface area contributed by atoms with Crippen LogP contribution < -0.4 is 5.32 Å². The van der Waals surface area contributed by atoms with Crippen LogP contribution in [0.15, 0.2) is 27.8 Å². The fourth-order valence-corrected chi connectivity index (χ4v) is 3.23. The molecule has 2 rings (SSSR count). The molecule has 0 aromatic carbocycles. The Morgan fingerprint density at radius 2 is 2.41 bits per heavy atom. The summed E-state index contributed by atoms with van der Waals surface area (Å²) in [7, 11) is 0. The van der Waals surface area contributed by atoms with E-state index in [1.54, 1.807) is 6.26 Å². The van der Waals surface area contributed by atoms with Gasteiger partial charge in [-0.05, 0) is 39.3 Å². The zero-order valence-electron chi connectivity index (χ0n) is 10.7. The van der Waals surface area contributed by atoms with Crippen LogP contribution in [0, 0.1) is 0 Å². The number of amidine groups is 1. The molecule has 3 nitrogen and oxygen atoms in total. The summed E-state index contributed by atoms with van der Waals surface area (Å²) in [6.07, 6.45) is 3.76. The first-order valence-electron chi connectivity index (χ1n) is 6.06. The molecule has 1 aliphatic heterocycles. The Labute approximate surface area is 107 Å². The van der Waals surface area contributed by atoms with E-state index in [-0.39, 0.29) is 11.6 Å². The van der Waals surface area contributed by atoms with Crippen molar-refractivity contribution in [1.29, 1.82) is 0 Å². The molecule has 1 N–H and O–H groups in total. The number of thioether (sulfide) groups is 1. The third kappa shape index (κ3) is 3.80. The van der Waals surface area contributed by atoms with E-state index in [0.29, 0.717) is 0 Å². The number of rotatable bonds is 3. The van der Waals surface area contributed by atoms with Crippen LogP contribution in [0.4, 0.5) is 0 Å². The second-order valence-electron chi connectivity index (χ2n) is 5.17. The van der Waals surface area contributed by atoms with Crippen molar-refractivity contribution in [2.75, 3.05) is 5.75 Å². The van der Waals surface area contributed by atoms with E-state index in [4.69, 9.17) is 9.41 Å². The maximum absolute atomic E-state index is 5.34. The quantitative estimate of drug-likeness (QED) is 0.898. The lowest BCUT2D eigenvalue weighted by Gasteiger charge is -2.32. The maximum Gasteiger partial charge on any atom is 0.157 e. The van der Waals surface area contributed by atoms with Gasteiger partial charge in [-0.25, -0.2) is 0 Å². The number of hydrogen-bond acceptors (Lipinski definition) is 3. The van der Waals surface area contributed by atoms with Crippen molar-refractivity contribution in [3.05, 3.63) is 24.2 Å². The summed E-state index contributed by atoms with van der Waals surface area (Å²) in [6, 6.07) is 4.18. The van der Waals surface area contributed by atoms with Crippen LogP contribution in [0.25, 0.3) is 0 Å². The highest BCUT2D eigenvalue weighted by Crippen LogP contribution is 2.22. The van der Waals surface area contributed by atoms with Crippen LogP contribution in [-0.2, 0) is 6.42 Å². The van der Waals surface area contributed by atoms with Crippen molar-refractivity contribution in [2.24, 2.45) is 4.99 Å². The molecule has 1 atom stereocenters. The van der Waals surface area contributed by atoms with Crippen LogP contribution in [-0.4, -0.2) is 22.5 Å². The highest BCUT2D eigenvalue weighted by atomic mass is 32.2. The van der Waals surface area contributed by atoms with Gasteiger partial charge in [0, 0.05) is 17.7 Å². The minimum absolute atomic E-state index is 0.175. The van der Waals surface area contributed by atoms with Gasteiger partial charge in [-0.3, -0.25) is 4.99 Å². The Hall–Kier alpha value is -0.900. The normalized spacial score (nSPS) is 23.4. The van der Waals surface area contributed by atoms with Crippen LogP contribution in [0.1, 0.15) is 33.0 Å². The molecule has 1 saturated heterocycles. The first-order valence-corrected chi connectivity index (χ1v) is 7.05. The van der Waals surface area contributed by atoms with Gasteiger partial charge < -0.3 is 9.73 Å². The Bertz CT molecular complexity index is 384. The highest BCUT2D eigenvalue weighted by Gasteiger charge is 2.24. The standard InChI is InChI=1S/C13H20N2OS/c1-10(9-11-5-4-7-16-11)14-12-15-13(2,3)6-8-17-12/h4-5,7,10H,6,8-9H2,1-3H3,(H,14,15). The molecule has 0 radical (unpaired) electrons. The van der Waals surface area contributed by atoms with Crippen molar-refractivity contribution < 1.29 is 4.42 Å². The molecule has 4 heteroatoms. The fourth-order valence-electron chi connectivity index (χ4n) is 1.83. The van der Waals surface area contributed by atoms with E-state index in [2.05, 4.69) is 26.1 Å². The number of nitrogens with zero attached hydrogens (tertiary/aromatic N) is 1. The van der Waals surface area contributed by atoms with Gasteiger partial charge in [-0.15, -0.1) is 0 Å². The van der Waals surface area contributed by atoms with Crippen LogP contribution >= 0.6 is 11.8 Å². The van der Waals surface area contributed by atoms with Gasteiger partial charge in [0.2, 0.25) is 0 Å². The van der Waals surface area contributed by atoms with Crippen LogP contribution in [0.3, 0.4) is 0 Å². The first kappa shape index (κ1) is 12.6.